The summed E-state index contributed by atoms with van der Waals surface area (Å²) in [4.78, 5) is 24.3. The number of ether oxygens (including phenoxy) is 2. The van der Waals surface area contributed by atoms with Gasteiger partial charge in [-0.05, 0) is 110 Å². The zero-order valence-electron chi connectivity index (χ0n) is 15.8. The van der Waals surface area contributed by atoms with Crippen molar-refractivity contribution in [2.24, 2.45) is 5.41 Å². The van der Waals surface area contributed by atoms with Crippen molar-refractivity contribution in [3.8, 4) is 11.5 Å². The lowest BCUT2D eigenvalue weighted by atomic mass is 9.86. The predicted octanol–water partition coefficient (Wildman–Crippen LogP) is 5.06. The van der Waals surface area contributed by atoms with Crippen molar-refractivity contribution in [3.05, 3.63) is 47.1 Å². The second-order valence-corrected chi connectivity index (χ2v) is 12.0. The molecule has 0 aliphatic heterocycles. The van der Waals surface area contributed by atoms with E-state index in [0.29, 0.717) is 5.75 Å². The van der Waals surface area contributed by atoms with E-state index < -0.39 is 27.5 Å². The summed E-state index contributed by atoms with van der Waals surface area (Å²) in [5, 5.41) is 0. The van der Waals surface area contributed by atoms with Crippen molar-refractivity contribution < 1.29 is 32.0 Å². The molecule has 0 fully saturated rings. The second kappa shape index (κ2) is 10.4. The number of halogens is 3. The lowest BCUT2D eigenvalue weighted by molar-refractivity contribution is -0.140. The maximum Gasteiger partial charge on any atom is 0.311 e. The van der Waals surface area contributed by atoms with Gasteiger partial charge in [0, 0.05) is 10.7 Å². The molecule has 0 unspecified atom stereocenters. The van der Waals surface area contributed by atoms with Gasteiger partial charge in [-0.1, -0.05) is 13.8 Å². The first-order valence-electron chi connectivity index (χ1n) is 8.40. The quantitative estimate of drug-likeness (QED) is 0.182. The minimum atomic E-state index is -4.39. The van der Waals surface area contributed by atoms with E-state index in [9.17, 15) is 22.6 Å². The van der Waals surface area contributed by atoms with E-state index in [1.54, 1.807) is 71.2 Å². The third-order valence-corrected chi connectivity index (χ3v) is 7.86. The van der Waals surface area contributed by atoms with E-state index in [1.807, 2.05) is 12.1 Å². The molecule has 0 aromatic heterocycles. The third kappa shape index (κ3) is 7.87. The van der Waals surface area contributed by atoms with E-state index in [2.05, 4.69) is 22.6 Å². The molecule has 30 heavy (non-hydrogen) atoms. The zero-order valence-corrected chi connectivity index (χ0v) is 23.1. The highest BCUT2D eigenvalue weighted by Gasteiger charge is 2.28. The summed E-state index contributed by atoms with van der Waals surface area (Å²) < 4.78 is 44.3. The Kier molecular flexibility index (Phi) is 8.92. The first kappa shape index (κ1) is 25.7. The van der Waals surface area contributed by atoms with E-state index in [1.165, 1.54) is 12.1 Å². The van der Waals surface area contributed by atoms with Crippen molar-refractivity contribution in [1.82, 2.24) is 0 Å². The first-order chi connectivity index (χ1) is 13.8. The Balaban J connectivity index is 2.00. The van der Waals surface area contributed by atoms with Crippen LogP contribution in [0.1, 0.15) is 26.7 Å². The van der Waals surface area contributed by atoms with Crippen molar-refractivity contribution in [2.75, 3.05) is 0 Å². The van der Waals surface area contributed by atoms with Gasteiger partial charge in [0.25, 0.3) is 10.1 Å². The van der Waals surface area contributed by atoms with Crippen LogP contribution in [0.4, 0.5) is 0 Å². The number of esters is 2. The van der Waals surface area contributed by atoms with Gasteiger partial charge in [0.1, 0.15) is 16.4 Å². The topological polar surface area (TPSA) is 107 Å². The molecule has 11 heteroatoms. The van der Waals surface area contributed by atoms with E-state index in [-0.39, 0.29) is 30.6 Å². The fourth-order valence-corrected chi connectivity index (χ4v) is 6.87. The maximum atomic E-state index is 12.4. The van der Waals surface area contributed by atoms with Crippen molar-refractivity contribution in [3.63, 3.8) is 0 Å². The molecule has 0 saturated heterocycles. The molecule has 0 aliphatic rings. The predicted molar refractivity (Wildman–Crippen MR) is 135 cm³/mol. The van der Waals surface area contributed by atoms with Crippen molar-refractivity contribution in [2.45, 2.75) is 31.6 Å². The highest BCUT2D eigenvalue weighted by atomic mass is 127. The molecule has 7 nitrogen and oxygen atoms in total. The Morgan fingerprint density at radius 3 is 1.77 bits per heavy atom. The fourth-order valence-electron chi connectivity index (χ4n) is 2.52. The van der Waals surface area contributed by atoms with Crippen LogP contribution in [-0.4, -0.2) is 24.9 Å². The number of carbonyl (C=O) groups excluding carboxylic acids is 2. The first-order valence-corrected chi connectivity index (χ1v) is 13.1. The van der Waals surface area contributed by atoms with Crippen LogP contribution in [0.25, 0.3) is 0 Å². The fraction of sp³-hybridized carbons (Fsp3) is 0.263. The maximum absolute atomic E-state index is 12.4. The summed E-state index contributed by atoms with van der Waals surface area (Å²) in [5.74, 6) is -0.454. The molecule has 0 atom stereocenters. The average molecular weight is 770 g/mol. The SMILES string of the molecule is CC(C)(CC(=O)Oc1ccc(I)cc1)CC(=O)Oc1cc(I)c(S(=O)(=O)O)c(I)c1. The molecule has 0 radical (unpaired) electrons. The number of benzene rings is 2. The molecule has 162 valence electrons. The van der Waals surface area contributed by atoms with Gasteiger partial charge < -0.3 is 9.47 Å². The van der Waals surface area contributed by atoms with Crippen LogP contribution in [0.3, 0.4) is 0 Å². The number of hydrogen-bond donors (Lipinski definition) is 1. The molecule has 0 saturated carbocycles. The smallest absolute Gasteiger partial charge is 0.311 e. The van der Waals surface area contributed by atoms with Gasteiger partial charge in [0.05, 0.1) is 12.8 Å². The van der Waals surface area contributed by atoms with E-state index >= 15 is 0 Å². The van der Waals surface area contributed by atoms with Crippen molar-refractivity contribution >= 4 is 89.8 Å². The molecule has 2 rings (SSSR count). The molecule has 0 bridgehead atoms. The van der Waals surface area contributed by atoms with Gasteiger partial charge in [-0.25, -0.2) is 0 Å². The molecule has 0 amide bonds. The summed E-state index contributed by atoms with van der Waals surface area (Å²) in [6.07, 6.45) is -0.0488. The Morgan fingerprint density at radius 2 is 1.33 bits per heavy atom. The average Bonchev–Trinajstić information content (AvgIpc) is 2.53. The normalized spacial score (nSPS) is 11.8. The van der Waals surface area contributed by atoms with Gasteiger partial charge in [-0.2, -0.15) is 8.42 Å². The highest BCUT2D eigenvalue weighted by molar-refractivity contribution is 14.1. The third-order valence-electron chi connectivity index (χ3n) is 3.75. The summed E-state index contributed by atoms with van der Waals surface area (Å²) in [5.41, 5.74) is -0.716. The highest BCUT2D eigenvalue weighted by Crippen LogP contribution is 2.31. The van der Waals surface area contributed by atoms with Gasteiger partial charge >= 0.3 is 11.9 Å². The minimum Gasteiger partial charge on any atom is -0.427 e. The number of rotatable bonds is 7. The minimum absolute atomic E-state index is 0.00481. The summed E-state index contributed by atoms with van der Waals surface area (Å²) in [7, 11) is -4.39. The van der Waals surface area contributed by atoms with Crippen LogP contribution in [0, 0.1) is 16.1 Å². The lowest BCUT2D eigenvalue weighted by Crippen LogP contribution is -2.25. The van der Waals surface area contributed by atoms with Gasteiger partial charge in [0.2, 0.25) is 0 Å². The largest absolute Gasteiger partial charge is 0.427 e. The van der Waals surface area contributed by atoms with Crippen LogP contribution in [-0.2, 0) is 19.7 Å². The standard InChI is InChI=1S/C19H17I3O7S/c1-19(2,9-16(23)28-12-5-3-11(20)4-6-12)10-17(24)29-13-7-14(21)18(15(22)8-13)30(25,26)27/h3-8H,9-10H2,1-2H3,(H,25,26,27). The van der Waals surface area contributed by atoms with Crippen LogP contribution in [0.15, 0.2) is 41.3 Å². The van der Waals surface area contributed by atoms with Crippen LogP contribution in [0.2, 0.25) is 0 Å². The van der Waals surface area contributed by atoms with Gasteiger partial charge in [-0.15, -0.1) is 0 Å². The Morgan fingerprint density at radius 1 is 0.900 bits per heavy atom. The van der Waals surface area contributed by atoms with Crippen LogP contribution < -0.4 is 9.47 Å². The van der Waals surface area contributed by atoms with Crippen LogP contribution in [0.5, 0.6) is 11.5 Å². The second-order valence-electron chi connectivity index (χ2n) is 7.11. The summed E-state index contributed by atoms with van der Waals surface area (Å²) in [6, 6.07) is 9.73. The molecule has 0 heterocycles. The molecular formula is C19H17I3O7S. The summed E-state index contributed by atoms with van der Waals surface area (Å²) in [6.45, 7) is 3.50. The van der Waals surface area contributed by atoms with Gasteiger partial charge in [-0.3, -0.25) is 14.1 Å². The molecule has 1 N–H and O–H groups in total. The van der Waals surface area contributed by atoms with Crippen LogP contribution >= 0.6 is 67.8 Å². The lowest BCUT2D eigenvalue weighted by Gasteiger charge is -2.22. The van der Waals surface area contributed by atoms with E-state index in [0.717, 1.165) is 3.57 Å². The molecule has 0 spiro atoms. The number of carbonyl (C=O) groups is 2. The van der Waals surface area contributed by atoms with Crippen molar-refractivity contribution in [1.29, 1.82) is 0 Å². The Labute approximate surface area is 215 Å². The van der Waals surface area contributed by atoms with Gasteiger partial charge in [0.15, 0.2) is 0 Å². The Hall–Kier alpha value is -0.520. The molecular weight excluding hydrogens is 753 g/mol. The van der Waals surface area contributed by atoms with E-state index in [4.69, 9.17) is 9.47 Å². The molecule has 0 aliphatic carbocycles. The zero-order chi connectivity index (χ0) is 22.7. The molecule has 2 aromatic carbocycles. The number of hydrogen-bond acceptors (Lipinski definition) is 6. The Bertz CT molecular complexity index is 1040. The summed E-state index contributed by atoms with van der Waals surface area (Å²) >= 11 is 5.64. The monoisotopic (exact) mass is 770 g/mol. The molecule has 2 aromatic rings.